The minimum atomic E-state index is 0.981. The van der Waals surface area contributed by atoms with E-state index in [0.717, 1.165) is 24.0 Å². The fourth-order valence-corrected chi connectivity index (χ4v) is 2.71. The summed E-state index contributed by atoms with van der Waals surface area (Å²) in [7, 11) is 0. The lowest BCUT2D eigenvalue weighted by Crippen LogP contribution is -1.91. The third kappa shape index (κ3) is 2.40. The molecule has 0 atom stereocenters. The zero-order chi connectivity index (χ0) is 14.1. The van der Waals surface area contributed by atoms with Crippen molar-refractivity contribution in [3.63, 3.8) is 0 Å². The highest BCUT2D eigenvalue weighted by atomic mass is 14.2. The van der Waals surface area contributed by atoms with Crippen molar-refractivity contribution < 1.29 is 0 Å². The Kier molecular flexibility index (Phi) is 3.20. The second-order valence-corrected chi connectivity index (χ2v) is 5.61. The van der Waals surface area contributed by atoms with Crippen LogP contribution < -0.4 is 0 Å². The zero-order valence-electron chi connectivity index (χ0n) is 12.1. The van der Waals surface area contributed by atoms with E-state index in [1.54, 1.807) is 0 Å². The van der Waals surface area contributed by atoms with Gasteiger partial charge in [0.15, 0.2) is 0 Å². The van der Waals surface area contributed by atoms with Crippen LogP contribution in [0.15, 0.2) is 48.6 Å². The molecule has 0 unspecified atom stereocenters. The van der Waals surface area contributed by atoms with Gasteiger partial charge in [0.2, 0.25) is 0 Å². The second kappa shape index (κ2) is 5.02. The molecule has 0 saturated carbocycles. The van der Waals surface area contributed by atoms with E-state index in [1.807, 2.05) is 0 Å². The minimum absolute atomic E-state index is 0.981. The van der Waals surface area contributed by atoms with Crippen molar-refractivity contribution in [1.82, 2.24) is 0 Å². The standard InChI is InChI=1S/C20H18/c1-14-4-7-17(8-5-14)9-11-18-10-6-16(3)19-12-15(2)13-20(18)19/h4-8,10H,2,12-13H2,1,3H3. The number of fused-ring (bicyclic) bond motifs is 1. The minimum Gasteiger partial charge on any atom is -0.0992 e. The number of hydrogen-bond acceptors (Lipinski definition) is 0. The molecule has 0 nitrogen and oxygen atoms in total. The summed E-state index contributed by atoms with van der Waals surface area (Å²) in [4.78, 5) is 0. The molecule has 0 heteroatoms. The van der Waals surface area contributed by atoms with Crippen LogP contribution in [0.2, 0.25) is 0 Å². The molecule has 1 aliphatic carbocycles. The largest absolute Gasteiger partial charge is 0.0992 e. The first-order valence-electron chi connectivity index (χ1n) is 7.00. The first-order valence-corrected chi connectivity index (χ1v) is 7.00. The van der Waals surface area contributed by atoms with Crippen LogP contribution in [0.1, 0.15) is 33.4 Å². The average Bonchev–Trinajstić information content (AvgIpc) is 2.83. The van der Waals surface area contributed by atoms with Crippen LogP contribution in [0.4, 0.5) is 0 Å². The molecule has 3 rings (SSSR count). The van der Waals surface area contributed by atoms with E-state index in [4.69, 9.17) is 0 Å². The monoisotopic (exact) mass is 258 g/mol. The van der Waals surface area contributed by atoms with Gasteiger partial charge in [-0.25, -0.2) is 0 Å². The Balaban J connectivity index is 1.99. The summed E-state index contributed by atoms with van der Waals surface area (Å²) in [6.07, 6.45) is 2.00. The molecule has 0 radical (unpaired) electrons. The fraction of sp³-hybridized carbons (Fsp3) is 0.200. The molecular weight excluding hydrogens is 240 g/mol. The van der Waals surface area contributed by atoms with Crippen LogP contribution in [0, 0.1) is 25.7 Å². The molecule has 98 valence electrons. The van der Waals surface area contributed by atoms with Crippen molar-refractivity contribution in [2.75, 3.05) is 0 Å². The van der Waals surface area contributed by atoms with Gasteiger partial charge in [-0.15, -0.1) is 0 Å². The predicted molar refractivity (Wildman–Crippen MR) is 84.9 cm³/mol. The van der Waals surface area contributed by atoms with Gasteiger partial charge >= 0.3 is 0 Å². The van der Waals surface area contributed by atoms with E-state index < -0.39 is 0 Å². The maximum Gasteiger partial charge on any atom is 0.0287 e. The van der Waals surface area contributed by atoms with Gasteiger partial charge in [0.1, 0.15) is 0 Å². The van der Waals surface area contributed by atoms with Crippen LogP contribution in [-0.2, 0) is 12.8 Å². The van der Waals surface area contributed by atoms with E-state index in [9.17, 15) is 0 Å². The molecule has 0 heterocycles. The lowest BCUT2D eigenvalue weighted by atomic mass is 9.99. The van der Waals surface area contributed by atoms with Crippen molar-refractivity contribution in [2.24, 2.45) is 0 Å². The Morgan fingerprint density at radius 3 is 2.30 bits per heavy atom. The molecule has 0 amide bonds. The van der Waals surface area contributed by atoms with Crippen LogP contribution in [-0.4, -0.2) is 0 Å². The Hall–Kier alpha value is -2.26. The van der Waals surface area contributed by atoms with Crippen molar-refractivity contribution in [3.8, 4) is 11.8 Å². The van der Waals surface area contributed by atoms with Gasteiger partial charge in [0, 0.05) is 11.1 Å². The maximum atomic E-state index is 4.13. The summed E-state index contributed by atoms with van der Waals surface area (Å²) >= 11 is 0. The summed E-state index contributed by atoms with van der Waals surface area (Å²) < 4.78 is 0. The summed E-state index contributed by atoms with van der Waals surface area (Å²) in [6.45, 7) is 8.40. The Morgan fingerprint density at radius 1 is 0.850 bits per heavy atom. The van der Waals surface area contributed by atoms with Crippen LogP contribution in [0.3, 0.4) is 0 Å². The zero-order valence-corrected chi connectivity index (χ0v) is 12.1. The lowest BCUT2D eigenvalue weighted by molar-refractivity contribution is 1.18. The fourth-order valence-electron chi connectivity index (χ4n) is 2.71. The lowest BCUT2D eigenvalue weighted by Gasteiger charge is -2.05. The Labute approximate surface area is 121 Å². The molecule has 2 aromatic rings. The summed E-state index contributed by atoms with van der Waals surface area (Å²) in [5, 5.41) is 0. The van der Waals surface area contributed by atoms with Gasteiger partial charge in [0.25, 0.3) is 0 Å². The predicted octanol–water partition coefficient (Wildman–Crippen LogP) is 4.36. The van der Waals surface area contributed by atoms with Crippen LogP contribution >= 0.6 is 0 Å². The SMILES string of the molecule is C=C1Cc2c(C)ccc(C#Cc3ccc(C)cc3)c2C1. The first-order chi connectivity index (χ1) is 9.63. The molecule has 2 aromatic carbocycles. The third-order valence-corrected chi connectivity index (χ3v) is 3.91. The number of rotatable bonds is 0. The van der Waals surface area contributed by atoms with Gasteiger partial charge in [-0.2, -0.15) is 0 Å². The van der Waals surface area contributed by atoms with Crippen molar-refractivity contribution in [1.29, 1.82) is 0 Å². The molecular formula is C20H18. The quantitative estimate of drug-likeness (QED) is 0.486. The van der Waals surface area contributed by atoms with Gasteiger partial charge in [-0.1, -0.05) is 47.8 Å². The smallest absolute Gasteiger partial charge is 0.0287 e. The average molecular weight is 258 g/mol. The van der Waals surface area contributed by atoms with Crippen molar-refractivity contribution in [3.05, 3.63) is 81.9 Å². The Bertz CT molecular complexity index is 734. The number of benzene rings is 2. The number of aryl methyl sites for hydroxylation is 2. The topological polar surface area (TPSA) is 0 Å². The molecule has 0 aromatic heterocycles. The molecule has 0 fully saturated rings. The van der Waals surface area contributed by atoms with Crippen molar-refractivity contribution in [2.45, 2.75) is 26.7 Å². The molecule has 0 aliphatic heterocycles. The first kappa shape index (κ1) is 12.8. The van der Waals surface area contributed by atoms with Crippen LogP contribution in [0.25, 0.3) is 0 Å². The summed E-state index contributed by atoms with van der Waals surface area (Å²) in [6, 6.07) is 12.7. The van der Waals surface area contributed by atoms with Gasteiger partial charge in [-0.05, 0) is 61.6 Å². The highest BCUT2D eigenvalue weighted by molar-refractivity contribution is 5.56. The summed E-state index contributed by atoms with van der Waals surface area (Å²) in [5.74, 6) is 6.61. The number of hydrogen-bond donors (Lipinski definition) is 0. The normalized spacial score (nSPS) is 12.8. The molecule has 0 spiro atoms. The highest BCUT2D eigenvalue weighted by Gasteiger charge is 2.18. The third-order valence-electron chi connectivity index (χ3n) is 3.91. The van der Waals surface area contributed by atoms with Gasteiger partial charge < -0.3 is 0 Å². The van der Waals surface area contributed by atoms with E-state index in [0.29, 0.717) is 0 Å². The number of allylic oxidation sites excluding steroid dienone is 1. The highest BCUT2D eigenvalue weighted by Crippen LogP contribution is 2.30. The van der Waals surface area contributed by atoms with E-state index >= 15 is 0 Å². The van der Waals surface area contributed by atoms with E-state index in [-0.39, 0.29) is 0 Å². The maximum absolute atomic E-state index is 4.13. The van der Waals surface area contributed by atoms with E-state index in [1.165, 1.54) is 27.8 Å². The molecule has 1 aliphatic rings. The molecule has 0 N–H and O–H groups in total. The van der Waals surface area contributed by atoms with Crippen molar-refractivity contribution >= 4 is 0 Å². The summed E-state index contributed by atoms with van der Waals surface area (Å²) in [5.41, 5.74) is 8.97. The van der Waals surface area contributed by atoms with Gasteiger partial charge in [0.05, 0.1) is 0 Å². The molecule has 0 saturated heterocycles. The van der Waals surface area contributed by atoms with Gasteiger partial charge in [-0.3, -0.25) is 0 Å². The second-order valence-electron chi connectivity index (χ2n) is 5.61. The van der Waals surface area contributed by atoms with E-state index in [2.05, 4.69) is 68.7 Å². The van der Waals surface area contributed by atoms with Crippen LogP contribution in [0.5, 0.6) is 0 Å². The molecule has 20 heavy (non-hydrogen) atoms. The molecule has 0 bridgehead atoms. The Morgan fingerprint density at radius 2 is 1.55 bits per heavy atom.